The highest BCUT2D eigenvalue weighted by Crippen LogP contribution is 2.35. The number of ketones is 1. The summed E-state index contributed by atoms with van der Waals surface area (Å²) in [4.78, 5) is 44.0. The quantitative estimate of drug-likeness (QED) is 0.289. The number of amides is 3. The van der Waals surface area contributed by atoms with Crippen molar-refractivity contribution >= 4 is 23.6 Å². The molecule has 3 aliphatic heterocycles. The number of likely N-dealkylation sites (tertiary alicyclic amines) is 2. The van der Waals surface area contributed by atoms with Crippen LogP contribution in [0.25, 0.3) is 0 Å². The van der Waals surface area contributed by atoms with E-state index < -0.39 is 17.3 Å². The Kier molecular flexibility index (Phi) is 9.04. The molecule has 1 spiro atoms. The van der Waals surface area contributed by atoms with Gasteiger partial charge in [-0.1, -0.05) is 54.6 Å². The number of rotatable bonds is 7. The Labute approximate surface area is 266 Å². The van der Waals surface area contributed by atoms with Crippen molar-refractivity contribution in [1.82, 2.24) is 14.7 Å². The molecule has 3 saturated heterocycles. The third-order valence-corrected chi connectivity index (χ3v) is 9.29. The zero-order chi connectivity index (χ0) is 32.3. The lowest BCUT2D eigenvalue weighted by Gasteiger charge is -2.37. The predicted molar refractivity (Wildman–Crippen MR) is 166 cm³/mol. The third-order valence-electron chi connectivity index (χ3n) is 9.29. The second kappa shape index (κ2) is 13.2. The zero-order valence-electron chi connectivity index (χ0n) is 25.5. The van der Waals surface area contributed by atoms with Gasteiger partial charge in [-0.3, -0.25) is 14.6 Å². The van der Waals surface area contributed by atoms with Crippen LogP contribution in [0.5, 0.6) is 0 Å². The lowest BCUT2D eigenvalue weighted by atomic mass is 9.89. The predicted octanol–water partition coefficient (Wildman–Crippen LogP) is 6.82. The number of anilines is 1. The van der Waals surface area contributed by atoms with Crippen LogP contribution in [0.4, 0.5) is 28.4 Å². The van der Waals surface area contributed by atoms with E-state index in [4.69, 9.17) is 4.74 Å². The van der Waals surface area contributed by atoms with Gasteiger partial charge in [-0.05, 0) is 48.2 Å². The van der Waals surface area contributed by atoms with Crippen molar-refractivity contribution in [1.29, 1.82) is 0 Å². The number of carbonyl (C=O) groups is 3. The van der Waals surface area contributed by atoms with E-state index in [1.807, 2.05) is 54.6 Å². The Bertz CT molecular complexity index is 1530. The molecule has 46 heavy (non-hydrogen) atoms. The van der Waals surface area contributed by atoms with Crippen molar-refractivity contribution in [3.63, 3.8) is 0 Å². The Morgan fingerprint density at radius 1 is 0.826 bits per heavy atom. The minimum atomic E-state index is -4.35. The minimum absolute atomic E-state index is 0.0811. The van der Waals surface area contributed by atoms with Crippen molar-refractivity contribution < 1.29 is 32.3 Å². The molecule has 242 valence electrons. The fourth-order valence-electron chi connectivity index (χ4n) is 6.55. The molecule has 0 atom stereocenters. The summed E-state index contributed by atoms with van der Waals surface area (Å²) in [5.41, 5.74) is 1.86. The summed E-state index contributed by atoms with van der Waals surface area (Å²) >= 11 is 0. The normalized spacial score (nSPS) is 18.9. The average molecular weight is 635 g/mol. The topological polar surface area (TPSA) is 82.2 Å². The molecule has 1 N–H and O–H groups in total. The highest BCUT2D eigenvalue weighted by molar-refractivity contribution is 5.98. The highest BCUT2D eigenvalue weighted by atomic mass is 19.4. The fourth-order valence-corrected chi connectivity index (χ4v) is 6.55. The van der Waals surface area contributed by atoms with Gasteiger partial charge in [-0.15, -0.1) is 0 Å². The smallest absolute Gasteiger partial charge is 0.416 e. The summed E-state index contributed by atoms with van der Waals surface area (Å²) in [6.07, 6.45) is -2.15. The van der Waals surface area contributed by atoms with E-state index in [-0.39, 0.29) is 23.8 Å². The number of ether oxygens (including phenoxy) is 1. The van der Waals surface area contributed by atoms with E-state index >= 15 is 0 Å². The highest BCUT2D eigenvalue weighted by Gasteiger charge is 2.46. The van der Waals surface area contributed by atoms with E-state index in [2.05, 4.69) is 10.2 Å². The molecule has 3 heterocycles. The van der Waals surface area contributed by atoms with Gasteiger partial charge in [0.25, 0.3) is 0 Å². The number of Topliss-reactive ketones (excluding diaryl/α,β-unsaturated/α-hetero) is 1. The summed E-state index contributed by atoms with van der Waals surface area (Å²) in [5, 5.41) is 2.94. The van der Waals surface area contributed by atoms with Gasteiger partial charge in [0.15, 0.2) is 5.78 Å². The lowest BCUT2D eigenvalue weighted by Crippen LogP contribution is -2.46. The van der Waals surface area contributed by atoms with Crippen LogP contribution in [-0.2, 0) is 24.0 Å². The molecule has 0 unspecified atom stereocenters. The van der Waals surface area contributed by atoms with Crippen molar-refractivity contribution in [3.8, 4) is 0 Å². The molecule has 3 aromatic rings. The molecule has 3 aliphatic rings. The number of nitrogens with one attached hydrogen (secondary N) is 1. The number of alkyl halides is 3. The maximum absolute atomic E-state index is 12.9. The number of halogens is 3. The molecule has 0 radical (unpaired) electrons. The van der Waals surface area contributed by atoms with Gasteiger partial charge in [0.1, 0.15) is 5.60 Å². The molecule has 0 bridgehead atoms. The van der Waals surface area contributed by atoms with Gasteiger partial charge in [0.05, 0.1) is 12.1 Å². The van der Waals surface area contributed by atoms with Gasteiger partial charge in [0, 0.05) is 69.3 Å². The molecule has 3 amide bonds. The standard InChI is InChI=1S/C35H37F3N4O4/c36-35(37,38)29-10-6-25(7-11-29)22-40-20-16-34(17-21-40)24-42(33(45)46-34)23-26-8-12-30(13-9-26)39-32(44)41-18-14-28(15-19-41)31(43)27-4-2-1-3-5-27/h1-13,28H,14-24H2,(H,39,44). The van der Waals surface area contributed by atoms with Crippen LogP contribution in [0.2, 0.25) is 0 Å². The number of benzene rings is 3. The fraction of sp³-hybridized carbons (Fsp3) is 0.400. The largest absolute Gasteiger partial charge is 0.441 e. The van der Waals surface area contributed by atoms with Gasteiger partial charge in [-0.25, -0.2) is 9.59 Å². The number of hydrogen-bond donors (Lipinski definition) is 1. The van der Waals surface area contributed by atoms with Crippen LogP contribution in [0.1, 0.15) is 52.7 Å². The first-order chi connectivity index (χ1) is 22.1. The van der Waals surface area contributed by atoms with Crippen LogP contribution in [-0.4, -0.2) is 70.9 Å². The number of piperidine rings is 2. The van der Waals surface area contributed by atoms with E-state index in [0.29, 0.717) is 82.7 Å². The Morgan fingerprint density at radius 2 is 1.43 bits per heavy atom. The van der Waals surface area contributed by atoms with Crippen molar-refractivity contribution in [2.75, 3.05) is 38.0 Å². The van der Waals surface area contributed by atoms with E-state index in [1.54, 1.807) is 9.80 Å². The Balaban J connectivity index is 0.946. The molecule has 3 aromatic carbocycles. The van der Waals surface area contributed by atoms with Gasteiger partial charge in [0.2, 0.25) is 0 Å². The molecule has 8 nitrogen and oxygen atoms in total. The van der Waals surface area contributed by atoms with Crippen LogP contribution >= 0.6 is 0 Å². The Hall–Kier alpha value is -4.38. The van der Waals surface area contributed by atoms with Gasteiger partial charge in [-0.2, -0.15) is 13.2 Å². The summed E-state index contributed by atoms with van der Waals surface area (Å²) < 4.78 is 44.5. The summed E-state index contributed by atoms with van der Waals surface area (Å²) in [7, 11) is 0. The maximum atomic E-state index is 12.9. The summed E-state index contributed by atoms with van der Waals surface area (Å²) in [6.45, 7) is 3.78. The van der Waals surface area contributed by atoms with Crippen LogP contribution < -0.4 is 5.32 Å². The maximum Gasteiger partial charge on any atom is 0.416 e. The first kappa shape index (κ1) is 31.6. The van der Waals surface area contributed by atoms with Crippen molar-refractivity contribution in [2.45, 2.75) is 50.6 Å². The Morgan fingerprint density at radius 3 is 2.07 bits per heavy atom. The first-order valence-corrected chi connectivity index (χ1v) is 15.7. The van der Waals surface area contributed by atoms with Gasteiger partial charge >= 0.3 is 18.3 Å². The number of urea groups is 1. The van der Waals surface area contributed by atoms with Crippen LogP contribution in [0, 0.1) is 5.92 Å². The second-order valence-corrected chi connectivity index (χ2v) is 12.5. The summed E-state index contributed by atoms with van der Waals surface area (Å²) in [5.74, 6) is 0.0496. The van der Waals surface area contributed by atoms with Crippen molar-refractivity contribution in [3.05, 3.63) is 101 Å². The molecule has 0 aliphatic carbocycles. The number of hydrogen-bond acceptors (Lipinski definition) is 5. The van der Waals surface area contributed by atoms with E-state index in [0.717, 1.165) is 23.3 Å². The molecular formula is C35H37F3N4O4. The third kappa shape index (κ3) is 7.36. The van der Waals surface area contributed by atoms with Crippen LogP contribution in [0.15, 0.2) is 78.9 Å². The number of carbonyl (C=O) groups excluding carboxylic acids is 3. The first-order valence-electron chi connectivity index (χ1n) is 15.7. The number of nitrogens with zero attached hydrogens (tertiary/aromatic N) is 3. The molecule has 3 fully saturated rings. The summed E-state index contributed by atoms with van der Waals surface area (Å²) in [6, 6.07) is 21.7. The lowest BCUT2D eigenvalue weighted by molar-refractivity contribution is -0.137. The zero-order valence-corrected chi connectivity index (χ0v) is 25.5. The van der Waals surface area contributed by atoms with Gasteiger partial charge < -0.3 is 15.0 Å². The molecule has 0 saturated carbocycles. The van der Waals surface area contributed by atoms with E-state index in [1.165, 1.54) is 12.1 Å². The van der Waals surface area contributed by atoms with Crippen LogP contribution in [0.3, 0.4) is 0 Å². The molecular weight excluding hydrogens is 597 g/mol. The SMILES string of the molecule is O=C(c1ccccc1)C1CCN(C(=O)Nc2ccc(CN3CC4(CCN(Cc5ccc(C(F)(F)F)cc5)CC4)OC3=O)cc2)CC1. The second-order valence-electron chi connectivity index (χ2n) is 12.5. The minimum Gasteiger partial charge on any atom is -0.441 e. The monoisotopic (exact) mass is 634 g/mol. The average Bonchev–Trinajstić information content (AvgIpc) is 3.36. The molecule has 11 heteroatoms. The van der Waals surface area contributed by atoms with Crippen molar-refractivity contribution in [2.24, 2.45) is 5.92 Å². The molecule has 0 aromatic heterocycles. The van der Waals surface area contributed by atoms with E-state index in [9.17, 15) is 27.6 Å². The molecule has 6 rings (SSSR count).